The van der Waals surface area contributed by atoms with Gasteiger partial charge in [0.05, 0.1) is 18.6 Å². The van der Waals surface area contributed by atoms with Gasteiger partial charge in [0, 0.05) is 18.5 Å². The minimum absolute atomic E-state index is 0.0300. The molecule has 0 radical (unpaired) electrons. The molecule has 3 aromatic carbocycles. The lowest BCUT2D eigenvalue weighted by molar-refractivity contribution is -0.153. The second-order valence-electron chi connectivity index (χ2n) is 10.0. The molecule has 2 aliphatic rings. The van der Waals surface area contributed by atoms with Crippen LogP contribution < -0.4 is 4.74 Å². The van der Waals surface area contributed by atoms with Gasteiger partial charge in [0.1, 0.15) is 12.6 Å². The second kappa shape index (κ2) is 11.8. The average molecular weight is 518 g/mol. The Bertz CT molecular complexity index is 1260. The molecule has 0 saturated heterocycles. The number of hydrogen-bond donors (Lipinski definition) is 1. The Morgan fingerprint density at radius 1 is 0.974 bits per heavy atom. The van der Waals surface area contributed by atoms with Gasteiger partial charge in [-0.1, -0.05) is 79.6 Å². The molecule has 1 aliphatic heterocycles. The smallest absolute Gasteiger partial charge is 0.326 e. The fraction of sp³-hybridized carbons (Fsp3) is 0.355. The van der Waals surface area contributed by atoms with E-state index in [1.54, 1.807) is 6.07 Å². The number of carbonyl (C=O) groups excluding carboxylic acids is 1. The predicted octanol–water partition coefficient (Wildman–Crippen LogP) is 5.83. The molecule has 198 valence electrons. The Morgan fingerprint density at radius 3 is 2.34 bits per heavy atom. The number of fused-ring (bicyclic) bond motifs is 1. The molecule has 5 rings (SSSR count). The first-order valence-corrected chi connectivity index (χ1v) is 13.2. The number of nitrogens with zero attached hydrogens (tertiary/aromatic N) is 1. The summed E-state index contributed by atoms with van der Waals surface area (Å²) < 4.78 is 27.1. The maximum absolute atomic E-state index is 14.8. The normalized spacial score (nSPS) is 18.1. The second-order valence-corrected chi connectivity index (χ2v) is 10.0. The Hall–Kier alpha value is -3.71. The molecule has 1 aliphatic carbocycles. The molecular weight excluding hydrogens is 485 g/mol. The van der Waals surface area contributed by atoms with Gasteiger partial charge < -0.3 is 19.5 Å². The van der Waals surface area contributed by atoms with Crippen molar-refractivity contribution in [3.8, 4) is 5.75 Å². The molecule has 2 atom stereocenters. The summed E-state index contributed by atoms with van der Waals surface area (Å²) in [5.41, 5.74) is 2.96. The monoisotopic (exact) mass is 517 g/mol. The molecule has 7 heteroatoms. The average Bonchev–Trinajstić information content (AvgIpc) is 3.45. The van der Waals surface area contributed by atoms with Crippen molar-refractivity contribution in [1.82, 2.24) is 4.90 Å². The molecule has 6 nitrogen and oxygen atoms in total. The number of carbonyl (C=O) groups is 2. The van der Waals surface area contributed by atoms with E-state index < -0.39 is 23.9 Å². The van der Waals surface area contributed by atoms with Gasteiger partial charge in [0.25, 0.3) is 0 Å². The molecule has 1 saturated carbocycles. The van der Waals surface area contributed by atoms with E-state index in [1.165, 1.54) is 11.0 Å². The topological polar surface area (TPSA) is 76.1 Å². The van der Waals surface area contributed by atoms with Gasteiger partial charge in [-0.3, -0.25) is 4.79 Å². The zero-order valence-electron chi connectivity index (χ0n) is 21.2. The van der Waals surface area contributed by atoms with Crippen molar-refractivity contribution in [3.63, 3.8) is 0 Å². The molecule has 0 unspecified atom stereocenters. The van der Waals surface area contributed by atoms with Gasteiger partial charge in [-0.25, -0.2) is 9.18 Å². The lowest BCUT2D eigenvalue weighted by Gasteiger charge is -2.36. The summed E-state index contributed by atoms with van der Waals surface area (Å²) in [7, 11) is 0. The van der Waals surface area contributed by atoms with Crippen LogP contribution in [0.4, 0.5) is 4.39 Å². The third-order valence-corrected chi connectivity index (χ3v) is 7.45. The van der Waals surface area contributed by atoms with Gasteiger partial charge in [0.2, 0.25) is 5.91 Å². The third-order valence-electron chi connectivity index (χ3n) is 7.45. The van der Waals surface area contributed by atoms with Crippen molar-refractivity contribution in [1.29, 1.82) is 0 Å². The van der Waals surface area contributed by atoms with Crippen LogP contribution in [-0.2, 0) is 33.9 Å². The van der Waals surface area contributed by atoms with Crippen LogP contribution in [0.1, 0.15) is 60.5 Å². The predicted molar refractivity (Wildman–Crippen MR) is 140 cm³/mol. The molecule has 0 aromatic heterocycles. The van der Waals surface area contributed by atoms with E-state index in [9.17, 15) is 19.1 Å². The SMILES string of the molecule is O=C(O)[C@@H]1Cc2c(ccc(F)c2OCc2ccccc2)CN1C(=O)C[C@@H](OC1CCCC1)c1ccccc1. The van der Waals surface area contributed by atoms with E-state index in [0.717, 1.165) is 36.8 Å². The number of ether oxygens (including phenoxy) is 2. The molecule has 0 bridgehead atoms. The van der Waals surface area contributed by atoms with Crippen molar-refractivity contribution >= 4 is 11.9 Å². The summed E-state index contributed by atoms with van der Waals surface area (Å²) >= 11 is 0. The number of halogens is 1. The fourth-order valence-corrected chi connectivity index (χ4v) is 5.42. The Morgan fingerprint density at radius 2 is 1.66 bits per heavy atom. The van der Waals surface area contributed by atoms with Gasteiger partial charge >= 0.3 is 5.97 Å². The van der Waals surface area contributed by atoms with Gasteiger partial charge in [0.15, 0.2) is 11.6 Å². The summed E-state index contributed by atoms with van der Waals surface area (Å²) in [5, 5.41) is 10.1. The summed E-state index contributed by atoms with van der Waals surface area (Å²) in [6, 6.07) is 20.8. The zero-order chi connectivity index (χ0) is 26.5. The highest BCUT2D eigenvalue weighted by Crippen LogP contribution is 2.36. The molecule has 0 spiro atoms. The summed E-state index contributed by atoms with van der Waals surface area (Å²) in [5.74, 6) is -1.92. The number of amides is 1. The Labute approximate surface area is 222 Å². The molecule has 1 heterocycles. The summed E-state index contributed by atoms with van der Waals surface area (Å²) in [4.78, 5) is 27.3. The first-order chi connectivity index (χ1) is 18.5. The molecule has 38 heavy (non-hydrogen) atoms. The number of benzene rings is 3. The lowest BCUT2D eigenvalue weighted by Crippen LogP contribution is -2.49. The summed E-state index contributed by atoms with van der Waals surface area (Å²) in [6.45, 7) is 0.226. The Balaban J connectivity index is 1.37. The number of carboxylic acids is 1. The number of aliphatic carboxylic acids is 1. The molecule has 3 aromatic rings. The first kappa shape index (κ1) is 25.9. The molecular formula is C31H32FNO5. The number of carboxylic acid groups (broad SMARTS) is 1. The van der Waals surface area contributed by atoms with Crippen molar-refractivity contribution in [2.75, 3.05) is 0 Å². The van der Waals surface area contributed by atoms with Gasteiger partial charge in [-0.05, 0) is 35.6 Å². The van der Waals surface area contributed by atoms with Crippen LogP contribution in [0.25, 0.3) is 0 Å². The van der Waals surface area contributed by atoms with Crippen molar-refractivity contribution in [2.24, 2.45) is 0 Å². The van der Waals surface area contributed by atoms with Crippen LogP contribution in [0.2, 0.25) is 0 Å². The summed E-state index contributed by atoms with van der Waals surface area (Å²) in [6.07, 6.45) is 3.78. The largest absolute Gasteiger partial charge is 0.486 e. The fourth-order valence-electron chi connectivity index (χ4n) is 5.42. The van der Waals surface area contributed by atoms with Gasteiger partial charge in [-0.2, -0.15) is 0 Å². The van der Waals surface area contributed by atoms with Gasteiger partial charge in [-0.15, -0.1) is 0 Å². The van der Waals surface area contributed by atoms with Crippen LogP contribution in [0.3, 0.4) is 0 Å². The zero-order valence-corrected chi connectivity index (χ0v) is 21.2. The molecule has 1 fully saturated rings. The molecule has 1 amide bonds. The third kappa shape index (κ3) is 5.89. The highest BCUT2D eigenvalue weighted by molar-refractivity contribution is 5.85. The minimum Gasteiger partial charge on any atom is -0.486 e. The maximum atomic E-state index is 14.8. The standard InChI is InChI=1S/C31H32FNO5/c32-26-16-15-23-19-33(27(31(35)36)17-25(23)30(26)37-20-21-9-3-1-4-10-21)29(34)18-28(22-11-5-2-6-12-22)38-24-13-7-8-14-24/h1-6,9-12,15-16,24,27-28H,7-8,13-14,17-20H2,(H,35,36)/t27-,28+/m0/s1. The maximum Gasteiger partial charge on any atom is 0.326 e. The van der Waals surface area contributed by atoms with Crippen LogP contribution in [0.15, 0.2) is 72.8 Å². The Kier molecular flexibility index (Phi) is 8.03. The number of hydrogen-bond acceptors (Lipinski definition) is 4. The van der Waals surface area contributed by atoms with E-state index in [4.69, 9.17) is 9.47 Å². The highest BCUT2D eigenvalue weighted by Gasteiger charge is 2.38. The van der Waals surface area contributed by atoms with E-state index in [2.05, 4.69) is 0 Å². The van der Waals surface area contributed by atoms with E-state index in [1.807, 2.05) is 60.7 Å². The van der Waals surface area contributed by atoms with Crippen LogP contribution >= 0.6 is 0 Å². The first-order valence-electron chi connectivity index (χ1n) is 13.2. The van der Waals surface area contributed by atoms with E-state index in [0.29, 0.717) is 11.1 Å². The van der Waals surface area contributed by atoms with E-state index in [-0.39, 0.29) is 43.8 Å². The highest BCUT2D eigenvalue weighted by atomic mass is 19.1. The van der Waals surface area contributed by atoms with Crippen LogP contribution in [0, 0.1) is 5.82 Å². The minimum atomic E-state index is -1.13. The van der Waals surface area contributed by atoms with Crippen LogP contribution in [-0.4, -0.2) is 34.0 Å². The van der Waals surface area contributed by atoms with Crippen molar-refractivity contribution in [2.45, 2.75) is 69.9 Å². The van der Waals surface area contributed by atoms with Crippen molar-refractivity contribution < 1.29 is 28.6 Å². The number of rotatable bonds is 9. The quantitative estimate of drug-likeness (QED) is 0.386. The molecule has 1 N–H and O–H groups in total. The van der Waals surface area contributed by atoms with Crippen LogP contribution in [0.5, 0.6) is 5.75 Å². The van der Waals surface area contributed by atoms with E-state index >= 15 is 0 Å². The lowest BCUT2D eigenvalue weighted by atomic mass is 9.92. The van der Waals surface area contributed by atoms with Crippen molar-refractivity contribution in [3.05, 3.63) is 101 Å².